The van der Waals surface area contributed by atoms with E-state index in [9.17, 15) is 0 Å². The van der Waals surface area contributed by atoms with Crippen LogP contribution in [0, 0.1) is 18.3 Å². The SMILES string of the molecule is Cc1cc2ccc(C#N)cc2n1Cc1cccc2ccccc12.NC=O. The molecule has 4 rings (SSSR count). The fraction of sp³-hybridized carbons (Fsp3) is 0.0909. The van der Waals surface area contributed by atoms with Crippen molar-refractivity contribution >= 4 is 28.1 Å². The molecule has 1 aromatic heterocycles. The molecule has 0 aliphatic carbocycles. The summed E-state index contributed by atoms with van der Waals surface area (Å²) < 4.78 is 2.29. The minimum absolute atomic E-state index is 0.250. The van der Waals surface area contributed by atoms with Crippen molar-refractivity contribution in [2.75, 3.05) is 0 Å². The summed E-state index contributed by atoms with van der Waals surface area (Å²) in [7, 11) is 0. The summed E-state index contributed by atoms with van der Waals surface area (Å²) in [6.45, 7) is 2.93. The van der Waals surface area contributed by atoms with Gasteiger partial charge in [-0.15, -0.1) is 0 Å². The molecular weight excluding hydrogens is 322 g/mol. The zero-order valence-corrected chi connectivity index (χ0v) is 14.5. The first-order valence-electron chi connectivity index (χ1n) is 8.30. The van der Waals surface area contributed by atoms with Gasteiger partial charge in [-0.1, -0.05) is 48.5 Å². The van der Waals surface area contributed by atoms with Gasteiger partial charge in [-0.3, -0.25) is 4.79 Å². The van der Waals surface area contributed by atoms with Gasteiger partial charge in [0.25, 0.3) is 0 Å². The maximum Gasteiger partial charge on any atom is 0.204 e. The summed E-state index contributed by atoms with van der Waals surface area (Å²) in [6, 6.07) is 25.2. The van der Waals surface area contributed by atoms with Crippen LogP contribution in [-0.4, -0.2) is 11.0 Å². The molecule has 4 nitrogen and oxygen atoms in total. The average molecular weight is 341 g/mol. The van der Waals surface area contributed by atoms with Gasteiger partial charge in [-0.05, 0) is 46.8 Å². The number of benzene rings is 3. The van der Waals surface area contributed by atoms with Crippen LogP contribution >= 0.6 is 0 Å². The van der Waals surface area contributed by atoms with Crippen LogP contribution in [0.15, 0.2) is 66.7 Å². The van der Waals surface area contributed by atoms with Crippen molar-refractivity contribution in [1.82, 2.24) is 4.57 Å². The molecule has 2 N–H and O–H groups in total. The number of carbonyl (C=O) groups is 1. The normalized spacial score (nSPS) is 10.2. The molecule has 0 saturated heterocycles. The molecule has 4 heteroatoms. The second kappa shape index (κ2) is 7.54. The zero-order valence-electron chi connectivity index (χ0n) is 14.5. The lowest BCUT2D eigenvalue weighted by Gasteiger charge is -2.11. The molecule has 0 aliphatic heterocycles. The number of fused-ring (bicyclic) bond motifs is 2. The van der Waals surface area contributed by atoms with Gasteiger partial charge in [0.15, 0.2) is 0 Å². The molecule has 0 atom stereocenters. The summed E-state index contributed by atoms with van der Waals surface area (Å²) in [5.41, 5.74) is 8.50. The van der Waals surface area contributed by atoms with E-state index >= 15 is 0 Å². The predicted molar refractivity (Wildman–Crippen MR) is 105 cm³/mol. The fourth-order valence-electron chi connectivity index (χ4n) is 3.27. The van der Waals surface area contributed by atoms with Gasteiger partial charge in [0.05, 0.1) is 11.6 Å². The smallest absolute Gasteiger partial charge is 0.204 e. The molecule has 128 valence electrons. The molecule has 0 bridgehead atoms. The predicted octanol–water partition coefficient (Wildman–Crippen LogP) is 4.12. The van der Waals surface area contributed by atoms with Gasteiger partial charge >= 0.3 is 0 Å². The lowest BCUT2D eigenvalue weighted by atomic mass is 10.0. The standard InChI is InChI=1S/C21H16N2.CH3NO/c1-15-11-18-10-9-16(13-22)12-21(18)23(15)14-19-7-4-6-17-5-2-3-8-20(17)19;2-1-3/h2-12H,14H2,1H3;1H,(H2,2,3). The monoisotopic (exact) mass is 341 g/mol. The molecule has 26 heavy (non-hydrogen) atoms. The third kappa shape index (κ3) is 3.28. The Kier molecular flexibility index (Phi) is 5.00. The largest absolute Gasteiger partial charge is 0.372 e. The van der Waals surface area contributed by atoms with Gasteiger partial charge in [0.2, 0.25) is 6.41 Å². The van der Waals surface area contributed by atoms with Crippen molar-refractivity contribution < 1.29 is 4.79 Å². The molecule has 4 aromatic rings. The Hall–Kier alpha value is -3.58. The summed E-state index contributed by atoms with van der Waals surface area (Å²) in [6.07, 6.45) is 0.250. The zero-order chi connectivity index (χ0) is 18.5. The molecule has 0 aliphatic rings. The minimum Gasteiger partial charge on any atom is -0.372 e. The van der Waals surface area contributed by atoms with E-state index in [0.717, 1.165) is 12.1 Å². The quantitative estimate of drug-likeness (QED) is 0.557. The van der Waals surface area contributed by atoms with Crippen molar-refractivity contribution in [3.63, 3.8) is 0 Å². The van der Waals surface area contributed by atoms with Crippen LogP contribution in [0.4, 0.5) is 0 Å². The first-order chi connectivity index (χ1) is 12.7. The number of primary amides is 1. The highest BCUT2D eigenvalue weighted by atomic mass is 16.1. The van der Waals surface area contributed by atoms with Crippen molar-refractivity contribution in [3.05, 3.63) is 83.6 Å². The molecule has 1 heterocycles. The van der Waals surface area contributed by atoms with Gasteiger partial charge < -0.3 is 10.3 Å². The van der Waals surface area contributed by atoms with Crippen LogP contribution in [-0.2, 0) is 11.3 Å². The van der Waals surface area contributed by atoms with Crippen molar-refractivity contribution in [2.24, 2.45) is 5.73 Å². The van der Waals surface area contributed by atoms with Crippen LogP contribution in [0.25, 0.3) is 21.7 Å². The van der Waals surface area contributed by atoms with E-state index in [4.69, 9.17) is 10.1 Å². The third-order valence-corrected chi connectivity index (χ3v) is 4.45. The second-order valence-corrected chi connectivity index (χ2v) is 6.03. The minimum atomic E-state index is 0.250. The second-order valence-electron chi connectivity index (χ2n) is 6.03. The van der Waals surface area contributed by atoms with Gasteiger partial charge in [-0.25, -0.2) is 0 Å². The Morgan fingerprint density at radius 3 is 2.54 bits per heavy atom. The maximum atomic E-state index is 9.17. The number of rotatable bonds is 2. The van der Waals surface area contributed by atoms with Crippen LogP contribution in [0.3, 0.4) is 0 Å². The number of hydrogen-bond acceptors (Lipinski definition) is 2. The van der Waals surface area contributed by atoms with Crippen LogP contribution in [0.1, 0.15) is 16.8 Å². The third-order valence-electron chi connectivity index (χ3n) is 4.45. The van der Waals surface area contributed by atoms with Crippen LogP contribution in [0.2, 0.25) is 0 Å². The molecule has 0 saturated carbocycles. The summed E-state index contributed by atoms with van der Waals surface area (Å²) >= 11 is 0. The molecule has 3 aromatic carbocycles. The average Bonchev–Trinajstić information content (AvgIpc) is 2.97. The number of amides is 1. The Balaban J connectivity index is 0.000000613. The number of nitriles is 1. The van der Waals surface area contributed by atoms with Gasteiger partial charge in [-0.2, -0.15) is 5.26 Å². The van der Waals surface area contributed by atoms with E-state index in [1.54, 1.807) is 0 Å². The number of nitrogens with two attached hydrogens (primary N) is 1. The first kappa shape index (κ1) is 17.2. The molecule has 0 radical (unpaired) electrons. The Morgan fingerprint density at radius 2 is 1.77 bits per heavy atom. The highest BCUT2D eigenvalue weighted by molar-refractivity contribution is 5.86. The van der Waals surface area contributed by atoms with E-state index in [1.807, 2.05) is 18.2 Å². The van der Waals surface area contributed by atoms with Crippen molar-refractivity contribution in [2.45, 2.75) is 13.5 Å². The van der Waals surface area contributed by atoms with Crippen molar-refractivity contribution in [1.29, 1.82) is 5.26 Å². The van der Waals surface area contributed by atoms with E-state index < -0.39 is 0 Å². The molecular formula is C22H19N3O. The van der Waals surface area contributed by atoms with Gasteiger partial charge in [0, 0.05) is 17.8 Å². The van der Waals surface area contributed by atoms with E-state index in [1.165, 1.54) is 27.4 Å². The van der Waals surface area contributed by atoms with Crippen LogP contribution < -0.4 is 5.73 Å². The Bertz CT molecular complexity index is 1110. The number of hydrogen-bond donors (Lipinski definition) is 1. The number of nitrogens with zero attached hydrogens (tertiary/aromatic N) is 2. The molecule has 1 amide bonds. The summed E-state index contributed by atoms with van der Waals surface area (Å²) in [4.78, 5) is 8.58. The Morgan fingerprint density at radius 1 is 1.04 bits per heavy atom. The fourth-order valence-corrected chi connectivity index (χ4v) is 3.27. The van der Waals surface area contributed by atoms with Gasteiger partial charge in [0.1, 0.15) is 0 Å². The van der Waals surface area contributed by atoms with E-state index in [2.05, 4.69) is 71.8 Å². The number of aromatic nitrogens is 1. The molecule has 0 fully saturated rings. The lowest BCUT2D eigenvalue weighted by molar-refractivity contribution is -0.106. The summed E-state index contributed by atoms with van der Waals surface area (Å²) in [5.74, 6) is 0. The highest BCUT2D eigenvalue weighted by Gasteiger charge is 2.09. The first-order valence-corrected chi connectivity index (χ1v) is 8.30. The topological polar surface area (TPSA) is 71.8 Å². The highest BCUT2D eigenvalue weighted by Crippen LogP contribution is 2.25. The number of carbonyl (C=O) groups excluding carboxylic acids is 1. The number of aryl methyl sites for hydroxylation is 1. The Labute approximate surface area is 152 Å². The summed E-state index contributed by atoms with van der Waals surface area (Å²) in [5, 5.41) is 12.9. The lowest BCUT2D eigenvalue weighted by Crippen LogP contribution is -2.02. The molecule has 0 unspecified atom stereocenters. The maximum absolute atomic E-state index is 9.17. The van der Waals surface area contributed by atoms with E-state index in [-0.39, 0.29) is 6.41 Å². The van der Waals surface area contributed by atoms with E-state index in [0.29, 0.717) is 5.56 Å². The molecule has 0 spiro atoms. The van der Waals surface area contributed by atoms with Crippen molar-refractivity contribution in [3.8, 4) is 6.07 Å². The van der Waals surface area contributed by atoms with Crippen LogP contribution in [0.5, 0.6) is 0 Å².